The molecule has 0 atom stereocenters. The predicted molar refractivity (Wildman–Crippen MR) is 106 cm³/mol. The van der Waals surface area contributed by atoms with Crippen LogP contribution in [0.25, 0.3) is 0 Å². The molecule has 2 rings (SSSR count). The van der Waals surface area contributed by atoms with Gasteiger partial charge in [0.1, 0.15) is 5.75 Å². The van der Waals surface area contributed by atoms with Gasteiger partial charge in [-0.2, -0.15) is 5.10 Å². The third kappa shape index (κ3) is 6.98. The standard InChI is InChI=1S/C19H21N3O3S/c1-14-3-7-16(8-4-14)21-18(23)12-26-13-19(24)22-20-11-15-5-9-17(25-2)10-6-15/h3-11H,12-13H2,1-2H3,(H,21,23)(H,22,24). The predicted octanol–water partition coefficient (Wildman–Crippen LogP) is 2.83. The number of hydrogen-bond donors (Lipinski definition) is 2. The molecule has 6 nitrogen and oxygen atoms in total. The molecule has 2 aromatic rings. The van der Waals surface area contributed by atoms with Gasteiger partial charge in [-0.3, -0.25) is 9.59 Å². The maximum atomic E-state index is 11.8. The lowest BCUT2D eigenvalue weighted by Gasteiger charge is -2.05. The number of nitrogens with one attached hydrogen (secondary N) is 2. The fraction of sp³-hybridized carbons (Fsp3) is 0.211. The van der Waals surface area contributed by atoms with E-state index in [2.05, 4.69) is 15.8 Å². The van der Waals surface area contributed by atoms with Crippen molar-refractivity contribution in [2.75, 3.05) is 23.9 Å². The summed E-state index contributed by atoms with van der Waals surface area (Å²) in [5, 5.41) is 6.68. The van der Waals surface area contributed by atoms with Crippen molar-refractivity contribution in [3.05, 3.63) is 59.7 Å². The Morgan fingerprint density at radius 1 is 1.04 bits per heavy atom. The summed E-state index contributed by atoms with van der Waals surface area (Å²) < 4.78 is 5.07. The topological polar surface area (TPSA) is 79.8 Å². The van der Waals surface area contributed by atoms with E-state index >= 15 is 0 Å². The van der Waals surface area contributed by atoms with E-state index in [4.69, 9.17) is 4.74 Å². The molecule has 0 fully saturated rings. The minimum Gasteiger partial charge on any atom is -0.497 e. The van der Waals surface area contributed by atoms with Crippen molar-refractivity contribution in [2.24, 2.45) is 5.10 Å². The lowest BCUT2D eigenvalue weighted by atomic mass is 10.2. The van der Waals surface area contributed by atoms with Gasteiger partial charge >= 0.3 is 0 Å². The number of thioether (sulfide) groups is 1. The van der Waals surface area contributed by atoms with Gasteiger partial charge in [0.2, 0.25) is 11.8 Å². The Labute approximate surface area is 157 Å². The highest BCUT2D eigenvalue weighted by molar-refractivity contribution is 8.00. The van der Waals surface area contributed by atoms with Gasteiger partial charge < -0.3 is 10.1 Å². The Kier molecular flexibility index (Phi) is 7.70. The molecule has 0 saturated carbocycles. The first kappa shape index (κ1) is 19.5. The number of rotatable bonds is 8. The molecule has 0 aromatic heterocycles. The molecule has 136 valence electrons. The molecule has 26 heavy (non-hydrogen) atoms. The highest BCUT2D eigenvalue weighted by atomic mass is 32.2. The van der Waals surface area contributed by atoms with E-state index in [1.165, 1.54) is 11.8 Å². The van der Waals surface area contributed by atoms with Crippen LogP contribution in [0.5, 0.6) is 5.75 Å². The normalized spacial score (nSPS) is 10.5. The van der Waals surface area contributed by atoms with Crippen LogP contribution in [0, 0.1) is 6.92 Å². The second kappa shape index (κ2) is 10.2. The van der Waals surface area contributed by atoms with E-state index in [1.54, 1.807) is 13.3 Å². The highest BCUT2D eigenvalue weighted by Crippen LogP contribution is 2.10. The van der Waals surface area contributed by atoms with Crippen LogP contribution in [0.3, 0.4) is 0 Å². The minimum atomic E-state index is -0.261. The first-order valence-electron chi connectivity index (χ1n) is 7.97. The number of carbonyl (C=O) groups excluding carboxylic acids is 2. The average Bonchev–Trinajstić information content (AvgIpc) is 2.64. The van der Waals surface area contributed by atoms with Crippen LogP contribution in [0.15, 0.2) is 53.6 Å². The molecule has 0 aliphatic heterocycles. The molecular weight excluding hydrogens is 350 g/mol. The smallest absolute Gasteiger partial charge is 0.250 e. The number of anilines is 1. The monoisotopic (exact) mass is 371 g/mol. The first-order valence-corrected chi connectivity index (χ1v) is 9.12. The van der Waals surface area contributed by atoms with Crippen LogP contribution in [0.4, 0.5) is 5.69 Å². The molecule has 0 bridgehead atoms. The summed E-state index contributed by atoms with van der Waals surface area (Å²) in [6.45, 7) is 1.98. The van der Waals surface area contributed by atoms with E-state index in [0.29, 0.717) is 0 Å². The summed E-state index contributed by atoms with van der Waals surface area (Å²) in [4.78, 5) is 23.5. The number of aryl methyl sites for hydroxylation is 1. The molecule has 2 amide bonds. The van der Waals surface area contributed by atoms with E-state index in [9.17, 15) is 9.59 Å². The number of methoxy groups -OCH3 is 1. The molecule has 0 aliphatic rings. The van der Waals surface area contributed by atoms with Gasteiger partial charge in [-0.25, -0.2) is 5.43 Å². The number of carbonyl (C=O) groups is 2. The number of amides is 2. The van der Waals surface area contributed by atoms with Crippen LogP contribution < -0.4 is 15.5 Å². The zero-order valence-corrected chi connectivity index (χ0v) is 15.5. The summed E-state index contributed by atoms with van der Waals surface area (Å²) in [6.07, 6.45) is 1.55. The van der Waals surface area contributed by atoms with E-state index < -0.39 is 0 Å². The Bertz CT molecular complexity index is 759. The summed E-state index contributed by atoms with van der Waals surface area (Å²) in [5.74, 6) is 0.702. The molecule has 0 radical (unpaired) electrons. The second-order valence-corrected chi connectivity index (χ2v) is 6.46. The third-order valence-electron chi connectivity index (χ3n) is 3.32. The SMILES string of the molecule is COc1ccc(C=NNC(=O)CSCC(=O)Nc2ccc(C)cc2)cc1. The average molecular weight is 371 g/mol. The Morgan fingerprint density at radius 3 is 2.35 bits per heavy atom. The van der Waals surface area contributed by atoms with Gasteiger partial charge in [-0.15, -0.1) is 11.8 Å². The number of hydrogen-bond acceptors (Lipinski definition) is 5. The van der Waals surface area contributed by atoms with Gasteiger partial charge in [0.05, 0.1) is 24.8 Å². The lowest BCUT2D eigenvalue weighted by Crippen LogP contribution is -2.21. The molecule has 2 aromatic carbocycles. The number of benzene rings is 2. The molecule has 0 unspecified atom stereocenters. The molecule has 0 spiro atoms. The fourth-order valence-electron chi connectivity index (χ4n) is 1.97. The van der Waals surface area contributed by atoms with Gasteiger partial charge in [0, 0.05) is 5.69 Å². The van der Waals surface area contributed by atoms with E-state index in [1.807, 2.05) is 55.5 Å². The van der Waals surface area contributed by atoms with Crippen LogP contribution in [-0.2, 0) is 9.59 Å². The van der Waals surface area contributed by atoms with Crippen LogP contribution in [0.2, 0.25) is 0 Å². The van der Waals surface area contributed by atoms with Crippen molar-refractivity contribution in [1.29, 1.82) is 0 Å². The molecule has 0 saturated heterocycles. The first-order chi connectivity index (χ1) is 12.6. The minimum absolute atomic E-state index is 0.145. The van der Waals surface area contributed by atoms with Gasteiger partial charge in [0.25, 0.3) is 0 Å². The zero-order chi connectivity index (χ0) is 18.8. The molecular formula is C19H21N3O3S. The number of nitrogens with zero attached hydrogens (tertiary/aromatic N) is 1. The van der Waals surface area contributed by atoms with E-state index in [-0.39, 0.29) is 23.3 Å². The van der Waals surface area contributed by atoms with Crippen molar-refractivity contribution in [3.63, 3.8) is 0 Å². The fourth-order valence-corrected chi connectivity index (χ4v) is 2.58. The maximum Gasteiger partial charge on any atom is 0.250 e. The van der Waals surface area contributed by atoms with E-state index in [0.717, 1.165) is 22.6 Å². The largest absolute Gasteiger partial charge is 0.497 e. The maximum absolute atomic E-state index is 11.8. The van der Waals surface area contributed by atoms with Gasteiger partial charge in [0.15, 0.2) is 0 Å². The van der Waals surface area contributed by atoms with Crippen molar-refractivity contribution in [1.82, 2.24) is 5.43 Å². The number of hydrazone groups is 1. The third-order valence-corrected chi connectivity index (χ3v) is 4.25. The zero-order valence-electron chi connectivity index (χ0n) is 14.7. The van der Waals surface area contributed by atoms with Crippen LogP contribution in [-0.4, -0.2) is 36.6 Å². The summed E-state index contributed by atoms with van der Waals surface area (Å²) >= 11 is 1.23. The molecule has 0 heterocycles. The Morgan fingerprint density at radius 2 is 1.69 bits per heavy atom. The van der Waals surface area contributed by atoms with Crippen molar-refractivity contribution >= 4 is 35.5 Å². The van der Waals surface area contributed by atoms with Crippen LogP contribution >= 0.6 is 11.8 Å². The summed E-state index contributed by atoms with van der Waals surface area (Å²) in [6, 6.07) is 14.8. The van der Waals surface area contributed by atoms with Crippen LogP contribution in [0.1, 0.15) is 11.1 Å². The number of ether oxygens (including phenoxy) is 1. The van der Waals surface area contributed by atoms with Gasteiger partial charge in [-0.1, -0.05) is 17.7 Å². The van der Waals surface area contributed by atoms with Crippen molar-refractivity contribution in [3.8, 4) is 5.75 Å². The Hall–Kier alpha value is -2.80. The quantitative estimate of drug-likeness (QED) is 0.552. The summed E-state index contributed by atoms with van der Waals surface area (Å²) in [5.41, 5.74) is 5.15. The lowest BCUT2D eigenvalue weighted by molar-refractivity contribution is -0.118. The molecule has 2 N–H and O–H groups in total. The van der Waals surface area contributed by atoms with Crippen molar-refractivity contribution in [2.45, 2.75) is 6.92 Å². The second-order valence-electron chi connectivity index (χ2n) is 5.47. The molecule has 0 aliphatic carbocycles. The highest BCUT2D eigenvalue weighted by Gasteiger charge is 2.05. The van der Waals surface area contributed by atoms with Gasteiger partial charge in [-0.05, 0) is 48.9 Å². The summed E-state index contributed by atoms with van der Waals surface area (Å²) in [7, 11) is 1.60. The Balaban J connectivity index is 1.65. The van der Waals surface area contributed by atoms with Crippen molar-refractivity contribution < 1.29 is 14.3 Å². The molecule has 7 heteroatoms.